The van der Waals surface area contributed by atoms with Gasteiger partial charge in [-0.15, -0.1) is 0 Å². The van der Waals surface area contributed by atoms with Gasteiger partial charge in [-0.2, -0.15) is 0 Å². The van der Waals surface area contributed by atoms with Crippen molar-refractivity contribution in [3.05, 3.63) is 47.3 Å². The summed E-state index contributed by atoms with van der Waals surface area (Å²) in [6.07, 6.45) is 13.2. The first-order valence-electron chi connectivity index (χ1n) is 4.90. The van der Waals surface area contributed by atoms with Gasteiger partial charge in [0.1, 0.15) is 5.76 Å². The average Bonchev–Trinajstić information content (AvgIpc) is 2.44. The maximum absolute atomic E-state index is 5.64. The second kappa shape index (κ2) is 2.98. The zero-order valence-corrected chi connectivity index (χ0v) is 7.81. The molecule has 0 aromatic carbocycles. The van der Waals surface area contributed by atoms with Gasteiger partial charge in [-0.25, -0.2) is 0 Å². The molecule has 3 rings (SSSR count). The van der Waals surface area contributed by atoms with Crippen LogP contribution in [0.15, 0.2) is 52.3 Å². The van der Waals surface area contributed by atoms with Crippen LogP contribution in [0.5, 0.6) is 0 Å². The predicted octanol–water partition coefficient (Wildman–Crippen LogP) is 2.17. The lowest BCUT2D eigenvalue weighted by Gasteiger charge is -2.26. The minimum Gasteiger partial charge on any atom is -0.493 e. The van der Waals surface area contributed by atoms with E-state index in [1.165, 1.54) is 11.1 Å². The van der Waals surface area contributed by atoms with Crippen LogP contribution in [-0.4, -0.2) is 18.9 Å². The molecule has 0 N–H and O–H groups in total. The third-order valence-corrected chi connectivity index (χ3v) is 2.71. The van der Waals surface area contributed by atoms with Crippen LogP contribution in [0.2, 0.25) is 0 Å². The van der Waals surface area contributed by atoms with E-state index in [1.54, 1.807) is 0 Å². The number of aliphatic imine (C=N–C) groups is 1. The van der Waals surface area contributed by atoms with Crippen LogP contribution in [-0.2, 0) is 4.74 Å². The molecule has 3 aliphatic rings. The van der Waals surface area contributed by atoms with Gasteiger partial charge in [0.05, 0.1) is 12.6 Å². The Labute approximate surface area is 83.0 Å². The second-order valence-electron chi connectivity index (χ2n) is 3.56. The Morgan fingerprint density at radius 1 is 1.36 bits per heavy atom. The van der Waals surface area contributed by atoms with Gasteiger partial charge in [-0.3, -0.25) is 4.99 Å². The molecule has 2 heterocycles. The van der Waals surface area contributed by atoms with Crippen molar-refractivity contribution in [2.45, 2.75) is 12.5 Å². The van der Waals surface area contributed by atoms with Gasteiger partial charge < -0.3 is 4.74 Å². The summed E-state index contributed by atoms with van der Waals surface area (Å²) in [5.74, 6) is 0.995. The van der Waals surface area contributed by atoms with Gasteiger partial charge in [0, 0.05) is 18.2 Å². The van der Waals surface area contributed by atoms with Gasteiger partial charge in [0.25, 0.3) is 0 Å². The SMILES string of the molecule is C1=CC2=C3C(=CC=NC3C=C1)CCO2. The fourth-order valence-electron chi connectivity index (χ4n) is 2.05. The maximum atomic E-state index is 5.64. The smallest absolute Gasteiger partial charge is 0.125 e. The first-order valence-corrected chi connectivity index (χ1v) is 4.90. The van der Waals surface area contributed by atoms with Crippen molar-refractivity contribution in [2.24, 2.45) is 4.99 Å². The summed E-state index contributed by atoms with van der Waals surface area (Å²) in [5, 5.41) is 0. The van der Waals surface area contributed by atoms with Crippen molar-refractivity contribution in [1.82, 2.24) is 0 Å². The number of rotatable bonds is 0. The van der Waals surface area contributed by atoms with Crippen LogP contribution < -0.4 is 0 Å². The zero-order chi connectivity index (χ0) is 9.38. The topological polar surface area (TPSA) is 21.6 Å². The molecular weight excluding hydrogens is 174 g/mol. The maximum Gasteiger partial charge on any atom is 0.125 e. The summed E-state index contributed by atoms with van der Waals surface area (Å²) in [4.78, 5) is 4.43. The molecule has 0 aromatic rings. The van der Waals surface area contributed by atoms with Crippen LogP contribution in [0.3, 0.4) is 0 Å². The van der Waals surface area contributed by atoms with Gasteiger partial charge in [-0.1, -0.05) is 18.2 Å². The Hall–Kier alpha value is -1.57. The van der Waals surface area contributed by atoms with E-state index in [4.69, 9.17) is 4.74 Å². The molecule has 0 saturated heterocycles. The highest BCUT2D eigenvalue weighted by Crippen LogP contribution is 2.33. The Kier molecular flexibility index (Phi) is 1.66. The molecule has 14 heavy (non-hydrogen) atoms. The van der Waals surface area contributed by atoms with E-state index in [0.717, 1.165) is 18.8 Å². The monoisotopic (exact) mass is 185 g/mol. The summed E-state index contributed by atoms with van der Waals surface area (Å²) in [6.45, 7) is 0.787. The summed E-state index contributed by atoms with van der Waals surface area (Å²) < 4.78 is 5.64. The van der Waals surface area contributed by atoms with Gasteiger partial charge in [-0.05, 0) is 17.7 Å². The van der Waals surface area contributed by atoms with E-state index >= 15 is 0 Å². The molecule has 0 amide bonds. The van der Waals surface area contributed by atoms with Crippen molar-refractivity contribution in [1.29, 1.82) is 0 Å². The fraction of sp³-hybridized carbons (Fsp3) is 0.250. The second-order valence-corrected chi connectivity index (χ2v) is 3.56. The molecule has 1 atom stereocenters. The summed E-state index contributed by atoms with van der Waals surface area (Å²) >= 11 is 0. The van der Waals surface area contributed by atoms with Crippen LogP contribution >= 0.6 is 0 Å². The predicted molar refractivity (Wildman–Crippen MR) is 56.2 cm³/mol. The largest absolute Gasteiger partial charge is 0.493 e. The quantitative estimate of drug-likeness (QED) is 0.566. The number of hydrogen-bond donors (Lipinski definition) is 0. The van der Waals surface area contributed by atoms with Crippen LogP contribution in [0.4, 0.5) is 0 Å². The van der Waals surface area contributed by atoms with Crippen LogP contribution in [0.25, 0.3) is 0 Å². The molecule has 1 unspecified atom stereocenters. The van der Waals surface area contributed by atoms with E-state index in [2.05, 4.69) is 17.1 Å². The van der Waals surface area contributed by atoms with Gasteiger partial charge in [0.2, 0.25) is 0 Å². The highest BCUT2D eigenvalue weighted by atomic mass is 16.5. The third kappa shape index (κ3) is 1.07. The minimum absolute atomic E-state index is 0.167. The number of ether oxygens (including phenoxy) is 1. The van der Waals surface area contributed by atoms with E-state index < -0.39 is 0 Å². The van der Waals surface area contributed by atoms with E-state index in [9.17, 15) is 0 Å². The number of allylic oxidation sites excluding steroid dienone is 4. The number of hydrogen-bond acceptors (Lipinski definition) is 2. The molecule has 0 radical (unpaired) electrons. The molecule has 0 bridgehead atoms. The molecule has 0 saturated carbocycles. The molecule has 2 heteroatoms. The first kappa shape index (κ1) is 7.80. The average molecular weight is 185 g/mol. The highest BCUT2D eigenvalue weighted by molar-refractivity contribution is 5.78. The Morgan fingerprint density at radius 2 is 2.36 bits per heavy atom. The molecule has 2 nitrogen and oxygen atoms in total. The van der Waals surface area contributed by atoms with Crippen molar-refractivity contribution >= 4 is 6.21 Å². The van der Waals surface area contributed by atoms with E-state index in [-0.39, 0.29) is 6.04 Å². The first-order chi connectivity index (χ1) is 6.95. The minimum atomic E-state index is 0.167. The third-order valence-electron chi connectivity index (χ3n) is 2.71. The molecule has 0 spiro atoms. The standard InChI is InChI=1S/C12H11NO/c1-2-4-11-12-9(6-8-14-11)5-7-13-10(12)3-1/h1-5,7,10H,6,8H2. The van der Waals surface area contributed by atoms with Crippen LogP contribution in [0, 0.1) is 0 Å². The molecule has 0 fully saturated rings. The fourth-order valence-corrected chi connectivity index (χ4v) is 2.05. The van der Waals surface area contributed by atoms with Crippen LogP contribution in [0.1, 0.15) is 6.42 Å². The zero-order valence-electron chi connectivity index (χ0n) is 7.81. The Balaban J connectivity index is 2.19. The molecule has 70 valence electrons. The number of nitrogens with zero attached hydrogens (tertiary/aromatic N) is 1. The Morgan fingerprint density at radius 3 is 3.36 bits per heavy atom. The highest BCUT2D eigenvalue weighted by Gasteiger charge is 2.25. The summed E-state index contributed by atoms with van der Waals surface area (Å²) in [6, 6.07) is 0.167. The van der Waals surface area contributed by atoms with Crippen molar-refractivity contribution in [3.8, 4) is 0 Å². The van der Waals surface area contributed by atoms with Crippen molar-refractivity contribution < 1.29 is 4.74 Å². The lowest BCUT2D eigenvalue weighted by Crippen LogP contribution is -2.19. The van der Waals surface area contributed by atoms with Gasteiger partial charge in [0.15, 0.2) is 0 Å². The summed E-state index contributed by atoms with van der Waals surface area (Å²) in [7, 11) is 0. The normalized spacial score (nSPS) is 28.0. The van der Waals surface area contributed by atoms with E-state index in [1.807, 2.05) is 24.4 Å². The molecule has 0 aromatic heterocycles. The van der Waals surface area contributed by atoms with Crippen molar-refractivity contribution in [2.75, 3.05) is 6.61 Å². The molecular formula is C12H11NO. The molecule has 2 aliphatic heterocycles. The lowest BCUT2D eigenvalue weighted by molar-refractivity contribution is 0.213. The molecule has 1 aliphatic carbocycles. The summed E-state index contributed by atoms with van der Waals surface area (Å²) in [5.41, 5.74) is 2.63. The van der Waals surface area contributed by atoms with Crippen molar-refractivity contribution in [3.63, 3.8) is 0 Å². The lowest BCUT2D eigenvalue weighted by atomic mass is 9.92. The number of dihydropyridines is 1. The van der Waals surface area contributed by atoms with Gasteiger partial charge >= 0.3 is 0 Å². The van der Waals surface area contributed by atoms with E-state index in [0.29, 0.717) is 0 Å². The Bertz CT molecular complexity index is 410.